The van der Waals surface area contributed by atoms with E-state index in [1.165, 1.54) is 51.6 Å². The molecular formula is C12H22BrNO. The molecule has 0 aromatic carbocycles. The van der Waals surface area contributed by atoms with Crippen molar-refractivity contribution in [3.8, 4) is 0 Å². The molecule has 2 unspecified atom stereocenters. The molecule has 15 heavy (non-hydrogen) atoms. The zero-order chi connectivity index (χ0) is 10.5. The number of hydrogen-bond donors (Lipinski definition) is 0. The first-order chi connectivity index (χ1) is 7.40. The number of halogens is 1. The molecule has 2 saturated heterocycles. The van der Waals surface area contributed by atoms with Crippen molar-refractivity contribution in [2.45, 2.75) is 50.7 Å². The van der Waals surface area contributed by atoms with Crippen molar-refractivity contribution in [3.63, 3.8) is 0 Å². The molecule has 0 saturated carbocycles. The van der Waals surface area contributed by atoms with Gasteiger partial charge in [-0.3, -0.25) is 4.90 Å². The van der Waals surface area contributed by atoms with Gasteiger partial charge >= 0.3 is 0 Å². The quantitative estimate of drug-likeness (QED) is 0.732. The lowest BCUT2D eigenvalue weighted by molar-refractivity contribution is 0.0437. The van der Waals surface area contributed by atoms with Crippen molar-refractivity contribution in [3.05, 3.63) is 0 Å². The highest BCUT2D eigenvalue weighted by atomic mass is 79.9. The van der Waals surface area contributed by atoms with E-state index < -0.39 is 0 Å². The van der Waals surface area contributed by atoms with Crippen LogP contribution in [0.1, 0.15) is 38.5 Å². The third-order valence-corrected chi connectivity index (χ3v) is 4.11. The standard InChI is InChI=1S/C12H22BrNO/c13-7-6-11-4-1-2-8-14(11)10-12-5-3-9-15-12/h11-12H,1-10H2. The Morgan fingerprint density at radius 2 is 2.13 bits per heavy atom. The molecule has 0 N–H and O–H groups in total. The molecule has 2 nitrogen and oxygen atoms in total. The first kappa shape index (κ1) is 11.9. The second-order valence-corrected chi connectivity index (χ2v) is 5.55. The Labute approximate surface area is 101 Å². The summed E-state index contributed by atoms with van der Waals surface area (Å²) in [5, 5.41) is 1.14. The van der Waals surface area contributed by atoms with Gasteiger partial charge in [0.2, 0.25) is 0 Å². The molecule has 0 aromatic rings. The van der Waals surface area contributed by atoms with Crippen LogP contribution in [0.4, 0.5) is 0 Å². The van der Waals surface area contributed by atoms with E-state index in [9.17, 15) is 0 Å². The average Bonchev–Trinajstić information content (AvgIpc) is 2.74. The lowest BCUT2D eigenvalue weighted by atomic mass is 9.99. The van der Waals surface area contributed by atoms with E-state index >= 15 is 0 Å². The highest BCUT2D eigenvalue weighted by molar-refractivity contribution is 9.09. The number of nitrogens with zero attached hydrogens (tertiary/aromatic N) is 1. The van der Waals surface area contributed by atoms with Gasteiger partial charge in [-0.1, -0.05) is 22.4 Å². The van der Waals surface area contributed by atoms with Crippen molar-refractivity contribution in [2.75, 3.05) is 25.0 Å². The Kier molecular flexibility index (Phi) is 4.92. The van der Waals surface area contributed by atoms with Gasteiger partial charge in [-0.25, -0.2) is 0 Å². The van der Waals surface area contributed by atoms with E-state index in [2.05, 4.69) is 20.8 Å². The topological polar surface area (TPSA) is 12.5 Å². The largest absolute Gasteiger partial charge is 0.377 e. The Bertz CT molecular complexity index is 180. The summed E-state index contributed by atoms with van der Waals surface area (Å²) in [6, 6.07) is 0.808. The van der Waals surface area contributed by atoms with Gasteiger partial charge in [0.25, 0.3) is 0 Å². The summed E-state index contributed by atoms with van der Waals surface area (Å²) in [6.07, 6.45) is 8.55. The zero-order valence-corrected chi connectivity index (χ0v) is 11.0. The Balaban J connectivity index is 1.80. The fourth-order valence-corrected chi connectivity index (χ4v) is 3.33. The molecule has 0 aliphatic carbocycles. The lowest BCUT2D eigenvalue weighted by Gasteiger charge is -2.36. The number of likely N-dealkylation sites (tertiary alicyclic amines) is 1. The third kappa shape index (κ3) is 3.43. The van der Waals surface area contributed by atoms with Crippen LogP contribution < -0.4 is 0 Å². The predicted molar refractivity (Wildman–Crippen MR) is 66.6 cm³/mol. The molecular weight excluding hydrogens is 254 g/mol. The number of alkyl halides is 1. The van der Waals surface area contributed by atoms with E-state index in [0.29, 0.717) is 6.10 Å². The minimum atomic E-state index is 0.529. The molecule has 0 aromatic heterocycles. The monoisotopic (exact) mass is 275 g/mol. The van der Waals surface area contributed by atoms with E-state index in [0.717, 1.165) is 18.0 Å². The van der Waals surface area contributed by atoms with Gasteiger partial charge < -0.3 is 4.74 Å². The fourth-order valence-electron chi connectivity index (χ4n) is 2.80. The Hall–Kier alpha value is 0.400. The van der Waals surface area contributed by atoms with E-state index in [1.54, 1.807) is 0 Å². The maximum absolute atomic E-state index is 5.73. The predicted octanol–water partition coefficient (Wildman–Crippen LogP) is 2.80. The third-order valence-electron chi connectivity index (χ3n) is 3.65. The van der Waals surface area contributed by atoms with Crippen LogP contribution in [0.3, 0.4) is 0 Å². The molecule has 0 bridgehead atoms. The SMILES string of the molecule is BrCCC1CCCCN1CC1CCCO1. The molecule has 2 rings (SSSR count). The summed E-state index contributed by atoms with van der Waals surface area (Å²) in [5.41, 5.74) is 0. The van der Waals surface area contributed by atoms with E-state index in [-0.39, 0.29) is 0 Å². The van der Waals surface area contributed by atoms with Crippen LogP contribution in [0.2, 0.25) is 0 Å². The number of hydrogen-bond acceptors (Lipinski definition) is 2. The van der Waals surface area contributed by atoms with Crippen molar-refractivity contribution < 1.29 is 4.74 Å². The summed E-state index contributed by atoms with van der Waals surface area (Å²) < 4.78 is 5.73. The summed E-state index contributed by atoms with van der Waals surface area (Å²) >= 11 is 3.57. The minimum absolute atomic E-state index is 0.529. The van der Waals surface area contributed by atoms with Gasteiger partial charge in [-0.15, -0.1) is 0 Å². The first-order valence-corrected chi connectivity index (χ1v) is 7.44. The van der Waals surface area contributed by atoms with Crippen molar-refractivity contribution in [1.82, 2.24) is 4.90 Å². The van der Waals surface area contributed by atoms with E-state index in [4.69, 9.17) is 4.74 Å². The minimum Gasteiger partial charge on any atom is -0.377 e. The molecule has 0 spiro atoms. The van der Waals surface area contributed by atoms with Gasteiger partial charge in [0.15, 0.2) is 0 Å². The second-order valence-electron chi connectivity index (χ2n) is 4.76. The summed E-state index contributed by atoms with van der Waals surface area (Å²) in [4.78, 5) is 2.67. The molecule has 0 radical (unpaired) electrons. The average molecular weight is 276 g/mol. The first-order valence-electron chi connectivity index (χ1n) is 6.32. The second kappa shape index (κ2) is 6.21. The van der Waals surface area contributed by atoms with Crippen molar-refractivity contribution in [1.29, 1.82) is 0 Å². The van der Waals surface area contributed by atoms with Crippen LogP contribution in [-0.2, 0) is 4.74 Å². The van der Waals surface area contributed by atoms with Crippen LogP contribution in [0, 0.1) is 0 Å². The lowest BCUT2D eigenvalue weighted by Crippen LogP contribution is -2.43. The maximum Gasteiger partial charge on any atom is 0.0702 e. The molecule has 2 fully saturated rings. The Morgan fingerprint density at radius 1 is 1.20 bits per heavy atom. The molecule has 3 heteroatoms. The number of ether oxygens (including phenoxy) is 1. The summed E-state index contributed by atoms with van der Waals surface area (Å²) in [6.45, 7) is 3.46. The maximum atomic E-state index is 5.73. The normalized spacial score (nSPS) is 33.4. The van der Waals surface area contributed by atoms with Gasteiger partial charge in [-0.2, -0.15) is 0 Å². The van der Waals surface area contributed by atoms with Crippen LogP contribution in [0.15, 0.2) is 0 Å². The Morgan fingerprint density at radius 3 is 2.87 bits per heavy atom. The molecule has 2 atom stereocenters. The number of piperidine rings is 1. The van der Waals surface area contributed by atoms with Crippen molar-refractivity contribution >= 4 is 15.9 Å². The molecule has 2 heterocycles. The summed E-state index contributed by atoms with van der Waals surface area (Å²) in [5.74, 6) is 0. The van der Waals surface area contributed by atoms with Crippen LogP contribution >= 0.6 is 15.9 Å². The fraction of sp³-hybridized carbons (Fsp3) is 1.00. The highest BCUT2D eigenvalue weighted by Crippen LogP contribution is 2.23. The van der Waals surface area contributed by atoms with Crippen LogP contribution in [0.5, 0.6) is 0 Å². The van der Waals surface area contributed by atoms with Crippen molar-refractivity contribution in [2.24, 2.45) is 0 Å². The molecule has 0 amide bonds. The van der Waals surface area contributed by atoms with Gasteiger partial charge in [0.05, 0.1) is 6.10 Å². The van der Waals surface area contributed by atoms with Gasteiger partial charge in [-0.05, 0) is 38.6 Å². The van der Waals surface area contributed by atoms with Gasteiger partial charge in [0.1, 0.15) is 0 Å². The van der Waals surface area contributed by atoms with Crippen LogP contribution in [0.25, 0.3) is 0 Å². The van der Waals surface area contributed by atoms with E-state index in [1.807, 2.05) is 0 Å². The number of rotatable bonds is 4. The molecule has 2 aliphatic rings. The van der Waals surface area contributed by atoms with Crippen LogP contribution in [-0.4, -0.2) is 42.1 Å². The zero-order valence-electron chi connectivity index (χ0n) is 9.46. The van der Waals surface area contributed by atoms with Gasteiger partial charge in [0, 0.05) is 24.5 Å². The molecule has 88 valence electrons. The summed E-state index contributed by atoms with van der Waals surface area (Å²) in [7, 11) is 0. The molecule has 2 aliphatic heterocycles. The smallest absolute Gasteiger partial charge is 0.0702 e. The highest BCUT2D eigenvalue weighted by Gasteiger charge is 2.26.